The summed E-state index contributed by atoms with van der Waals surface area (Å²) >= 11 is 0. The lowest BCUT2D eigenvalue weighted by atomic mass is 10.2. The molecule has 0 aromatic heterocycles. The van der Waals surface area contributed by atoms with E-state index in [0.717, 1.165) is 0 Å². The third-order valence-electron chi connectivity index (χ3n) is 2.68. The van der Waals surface area contributed by atoms with Crippen LogP contribution in [0.3, 0.4) is 0 Å². The standard InChI is InChI=1S/C14H14N4O3S/c15-14(16)18-22(20,21)12-7-5-11(6-8-12)17-9-10-3-1-2-4-13(10)19/h1-9,19H,(H4,15,16,18)/b17-9+. The average molecular weight is 318 g/mol. The van der Waals surface area contributed by atoms with E-state index in [1.54, 1.807) is 24.3 Å². The van der Waals surface area contributed by atoms with Crippen LogP contribution in [0.15, 0.2) is 58.4 Å². The summed E-state index contributed by atoms with van der Waals surface area (Å²) in [6, 6.07) is 12.4. The van der Waals surface area contributed by atoms with Crippen LogP contribution < -0.4 is 10.5 Å². The predicted octanol–water partition coefficient (Wildman–Crippen LogP) is 1.31. The second-order valence-corrected chi connectivity index (χ2v) is 6.01. The van der Waals surface area contributed by atoms with Gasteiger partial charge in [-0.25, -0.2) is 13.1 Å². The van der Waals surface area contributed by atoms with Crippen molar-refractivity contribution in [2.45, 2.75) is 4.90 Å². The van der Waals surface area contributed by atoms with Crippen molar-refractivity contribution in [3.8, 4) is 5.75 Å². The fourth-order valence-electron chi connectivity index (χ4n) is 1.66. The Morgan fingerprint density at radius 2 is 1.82 bits per heavy atom. The van der Waals surface area contributed by atoms with Crippen LogP contribution in [0.4, 0.5) is 5.69 Å². The van der Waals surface area contributed by atoms with Crippen LogP contribution in [0.2, 0.25) is 0 Å². The number of phenolic OH excluding ortho intramolecular Hbond substituents is 1. The zero-order valence-electron chi connectivity index (χ0n) is 11.4. The van der Waals surface area contributed by atoms with Crippen molar-refractivity contribution < 1.29 is 13.5 Å². The molecule has 0 aliphatic rings. The Morgan fingerprint density at radius 1 is 1.18 bits per heavy atom. The van der Waals surface area contributed by atoms with Gasteiger partial charge < -0.3 is 10.8 Å². The number of aliphatic imine (C=N–C) groups is 1. The average Bonchev–Trinajstić information content (AvgIpc) is 2.45. The number of aromatic hydroxyl groups is 1. The van der Waals surface area contributed by atoms with Gasteiger partial charge in [0.05, 0.1) is 10.6 Å². The number of nitrogens with two attached hydrogens (primary N) is 1. The lowest BCUT2D eigenvalue weighted by Gasteiger charge is -2.05. The quantitative estimate of drug-likeness (QED) is 0.500. The van der Waals surface area contributed by atoms with Gasteiger partial charge in [0.15, 0.2) is 5.96 Å². The summed E-state index contributed by atoms with van der Waals surface area (Å²) in [4.78, 5) is 4.13. The molecule has 0 atom stereocenters. The molecule has 7 nitrogen and oxygen atoms in total. The molecule has 0 fully saturated rings. The smallest absolute Gasteiger partial charge is 0.264 e. The molecule has 0 bridgehead atoms. The summed E-state index contributed by atoms with van der Waals surface area (Å²) < 4.78 is 25.4. The van der Waals surface area contributed by atoms with E-state index in [-0.39, 0.29) is 10.6 Å². The van der Waals surface area contributed by atoms with Gasteiger partial charge in [-0.05, 0) is 36.4 Å². The van der Waals surface area contributed by atoms with Crippen LogP contribution in [0.5, 0.6) is 5.75 Å². The van der Waals surface area contributed by atoms with E-state index in [1.807, 2.05) is 4.72 Å². The zero-order chi connectivity index (χ0) is 16.2. The van der Waals surface area contributed by atoms with Crippen LogP contribution >= 0.6 is 0 Å². The summed E-state index contributed by atoms with van der Waals surface area (Å²) in [5, 5.41) is 16.6. The molecule has 0 spiro atoms. The first-order chi connectivity index (χ1) is 10.4. The minimum atomic E-state index is -3.84. The monoisotopic (exact) mass is 318 g/mol. The van der Waals surface area contributed by atoms with Crippen LogP contribution in [-0.2, 0) is 10.0 Å². The molecule has 114 valence electrons. The van der Waals surface area contributed by atoms with Gasteiger partial charge in [-0.2, -0.15) is 0 Å². The first kappa shape index (κ1) is 15.5. The molecule has 0 saturated heterocycles. The fraction of sp³-hybridized carbons (Fsp3) is 0. The third kappa shape index (κ3) is 3.83. The topological polar surface area (TPSA) is 129 Å². The number of phenols is 1. The number of para-hydroxylation sites is 1. The molecule has 0 unspecified atom stereocenters. The highest BCUT2D eigenvalue weighted by atomic mass is 32.2. The Morgan fingerprint density at radius 3 is 2.41 bits per heavy atom. The zero-order valence-corrected chi connectivity index (χ0v) is 12.2. The maximum atomic E-state index is 11.8. The number of benzene rings is 2. The number of nitrogens with zero attached hydrogens (tertiary/aromatic N) is 1. The van der Waals surface area contributed by atoms with Crippen molar-refractivity contribution in [2.75, 3.05) is 0 Å². The molecule has 0 heterocycles. The van der Waals surface area contributed by atoms with Crippen LogP contribution in [-0.4, -0.2) is 25.7 Å². The van der Waals surface area contributed by atoms with Crippen molar-refractivity contribution in [1.29, 1.82) is 5.41 Å². The third-order valence-corrected chi connectivity index (χ3v) is 4.06. The maximum absolute atomic E-state index is 11.8. The van der Waals surface area contributed by atoms with Gasteiger partial charge in [-0.1, -0.05) is 12.1 Å². The van der Waals surface area contributed by atoms with Crippen molar-refractivity contribution in [3.63, 3.8) is 0 Å². The van der Waals surface area contributed by atoms with Crippen molar-refractivity contribution >= 4 is 27.9 Å². The molecule has 0 aliphatic heterocycles. The van der Waals surface area contributed by atoms with Crippen molar-refractivity contribution in [3.05, 3.63) is 54.1 Å². The number of hydrogen-bond acceptors (Lipinski definition) is 5. The largest absolute Gasteiger partial charge is 0.507 e. The van der Waals surface area contributed by atoms with Gasteiger partial charge in [0.25, 0.3) is 10.0 Å². The number of rotatable bonds is 4. The number of sulfonamides is 1. The lowest BCUT2D eigenvalue weighted by molar-refractivity contribution is 0.474. The molecule has 0 aliphatic carbocycles. The van der Waals surface area contributed by atoms with Gasteiger partial charge in [0.2, 0.25) is 0 Å². The van der Waals surface area contributed by atoms with Crippen LogP contribution in [0, 0.1) is 5.41 Å². The number of guanidine groups is 1. The predicted molar refractivity (Wildman–Crippen MR) is 84.0 cm³/mol. The Labute approximate surface area is 127 Å². The second kappa shape index (κ2) is 6.27. The van der Waals surface area contributed by atoms with E-state index in [4.69, 9.17) is 11.1 Å². The molecule has 2 rings (SSSR count). The summed E-state index contributed by atoms with van der Waals surface area (Å²) in [5.74, 6) is -0.544. The van der Waals surface area contributed by atoms with Gasteiger partial charge in [-0.15, -0.1) is 0 Å². The molecule has 2 aromatic rings. The van der Waals surface area contributed by atoms with Crippen LogP contribution in [0.1, 0.15) is 5.56 Å². The van der Waals surface area contributed by atoms with Gasteiger partial charge in [-0.3, -0.25) is 10.4 Å². The lowest BCUT2D eigenvalue weighted by Crippen LogP contribution is -2.35. The van der Waals surface area contributed by atoms with Crippen LogP contribution in [0.25, 0.3) is 0 Å². The summed E-state index contributed by atoms with van der Waals surface area (Å²) in [5.41, 5.74) is 6.09. The molecule has 8 heteroatoms. The molecular formula is C14H14N4O3S. The van der Waals surface area contributed by atoms with E-state index < -0.39 is 16.0 Å². The molecule has 2 aromatic carbocycles. The summed E-state index contributed by atoms with van der Waals surface area (Å²) in [7, 11) is -3.84. The van der Waals surface area contributed by atoms with Gasteiger partial charge in [0, 0.05) is 11.8 Å². The highest BCUT2D eigenvalue weighted by Crippen LogP contribution is 2.18. The van der Waals surface area contributed by atoms with E-state index in [9.17, 15) is 13.5 Å². The minimum Gasteiger partial charge on any atom is -0.507 e. The number of hydrogen-bond donors (Lipinski definition) is 4. The second-order valence-electron chi connectivity index (χ2n) is 4.33. The first-order valence-electron chi connectivity index (χ1n) is 6.17. The summed E-state index contributed by atoms with van der Waals surface area (Å²) in [6.45, 7) is 0. The Bertz CT molecular complexity index is 814. The van der Waals surface area contributed by atoms with E-state index in [2.05, 4.69) is 4.99 Å². The van der Waals surface area contributed by atoms with E-state index >= 15 is 0 Å². The maximum Gasteiger partial charge on any atom is 0.264 e. The molecule has 22 heavy (non-hydrogen) atoms. The molecule has 0 radical (unpaired) electrons. The minimum absolute atomic E-state index is 0.0239. The SMILES string of the molecule is N=C(N)NS(=O)(=O)c1ccc(/N=C/c2ccccc2O)cc1. The highest BCUT2D eigenvalue weighted by molar-refractivity contribution is 7.90. The van der Waals surface area contributed by atoms with Crippen molar-refractivity contribution in [2.24, 2.45) is 10.7 Å². The first-order valence-corrected chi connectivity index (χ1v) is 7.66. The Kier molecular flexibility index (Phi) is 4.42. The number of nitrogens with one attached hydrogen (secondary N) is 2. The molecule has 5 N–H and O–H groups in total. The van der Waals surface area contributed by atoms with Gasteiger partial charge in [0.1, 0.15) is 5.75 Å². The fourth-order valence-corrected chi connectivity index (χ4v) is 2.56. The van der Waals surface area contributed by atoms with E-state index in [1.165, 1.54) is 30.5 Å². The Hall–Kier alpha value is -2.87. The van der Waals surface area contributed by atoms with Crippen molar-refractivity contribution in [1.82, 2.24) is 4.72 Å². The van der Waals surface area contributed by atoms with E-state index in [0.29, 0.717) is 11.3 Å². The highest BCUT2D eigenvalue weighted by Gasteiger charge is 2.13. The molecule has 0 amide bonds. The Balaban J connectivity index is 2.20. The molecule has 0 saturated carbocycles. The normalized spacial score (nSPS) is 11.5. The molecular weight excluding hydrogens is 304 g/mol. The summed E-state index contributed by atoms with van der Waals surface area (Å²) in [6.07, 6.45) is 1.48. The van der Waals surface area contributed by atoms with Gasteiger partial charge >= 0.3 is 0 Å².